The van der Waals surface area contributed by atoms with Crippen molar-refractivity contribution in [2.75, 3.05) is 25.4 Å². The summed E-state index contributed by atoms with van der Waals surface area (Å²) >= 11 is 19.6. The summed E-state index contributed by atoms with van der Waals surface area (Å²) in [6.45, 7) is 4.26. The van der Waals surface area contributed by atoms with E-state index in [9.17, 15) is 13.2 Å². The maximum atomic E-state index is 12.5. The smallest absolute Gasteiger partial charge is 0.262 e. The fraction of sp³-hybridized carbons (Fsp3) is 0.471. The minimum absolute atomic E-state index is 0.0274. The van der Waals surface area contributed by atoms with E-state index in [1.165, 1.54) is 4.31 Å². The third kappa shape index (κ3) is 4.75. The highest BCUT2D eigenvalue weighted by Gasteiger charge is 2.31. The Kier molecular flexibility index (Phi) is 6.81. The number of morpholine rings is 1. The van der Waals surface area contributed by atoms with Crippen LogP contribution >= 0.6 is 46.1 Å². The fourth-order valence-electron chi connectivity index (χ4n) is 3.12. The lowest BCUT2D eigenvalue weighted by Gasteiger charge is -2.34. The Labute approximate surface area is 182 Å². The van der Waals surface area contributed by atoms with Gasteiger partial charge in [-0.3, -0.25) is 4.79 Å². The van der Waals surface area contributed by atoms with Gasteiger partial charge in [-0.15, -0.1) is 11.3 Å². The Morgan fingerprint density at radius 3 is 2.54 bits per heavy atom. The van der Waals surface area contributed by atoms with Crippen molar-refractivity contribution in [3.05, 3.63) is 32.1 Å². The van der Waals surface area contributed by atoms with Crippen molar-refractivity contribution in [3.63, 3.8) is 0 Å². The average molecular weight is 486 g/mol. The lowest BCUT2D eigenvalue weighted by molar-refractivity contribution is -0.0440. The molecule has 11 heteroatoms. The second kappa shape index (κ2) is 8.63. The minimum atomic E-state index is -3.50. The van der Waals surface area contributed by atoms with Gasteiger partial charge in [-0.1, -0.05) is 34.8 Å². The van der Waals surface area contributed by atoms with Gasteiger partial charge in [0.1, 0.15) is 4.88 Å². The molecule has 0 radical (unpaired) electrons. The molecule has 1 N–H and O–H groups in total. The number of nitrogens with zero attached hydrogens (tertiary/aromatic N) is 1. The van der Waals surface area contributed by atoms with Crippen LogP contribution < -0.4 is 5.32 Å². The van der Waals surface area contributed by atoms with E-state index in [1.54, 1.807) is 12.1 Å². The van der Waals surface area contributed by atoms with Crippen molar-refractivity contribution in [2.24, 2.45) is 0 Å². The van der Waals surface area contributed by atoms with Gasteiger partial charge < -0.3 is 10.1 Å². The van der Waals surface area contributed by atoms with Gasteiger partial charge in [0.15, 0.2) is 0 Å². The standard InChI is InChI=1S/C17H19Cl3N2O4S2/c1-9-7-22(8-10(2)26-9)28(24,25)4-3-21-17(23)16-15(20)14-12(19)5-11(18)6-13(14)27-16/h5-6,9-10H,3-4,7-8H2,1-2H3,(H,21,23). The Hall–Kier alpha value is -0.610. The number of hydrogen-bond donors (Lipinski definition) is 1. The highest BCUT2D eigenvalue weighted by molar-refractivity contribution is 7.89. The van der Waals surface area contributed by atoms with Gasteiger partial charge in [-0.05, 0) is 26.0 Å². The maximum absolute atomic E-state index is 12.5. The number of rotatable bonds is 5. The van der Waals surface area contributed by atoms with Crippen LogP contribution in [0.1, 0.15) is 23.5 Å². The average Bonchev–Trinajstić information content (AvgIpc) is 2.90. The van der Waals surface area contributed by atoms with Gasteiger partial charge in [0.2, 0.25) is 10.0 Å². The van der Waals surface area contributed by atoms with Crippen molar-refractivity contribution >= 4 is 72.2 Å². The highest BCUT2D eigenvalue weighted by atomic mass is 35.5. The molecule has 1 saturated heterocycles. The van der Waals surface area contributed by atoms with Crippen molar-refractivity contribution in [1.29, 1.82) is 0 Å². The van der Waals surface area contributed by atoms with Gasteiger partial charge in [0.25, 0.3) is 5.91 Å². The lowest BCUT2D eigenvalue weighted by Crippen LogP contribution is -2.49. The molecule has 1 fully saturated rings. The van der Waals surface area contributed by atoms with Crippen LogP contribution in [0.15, 0.2) is 12.1 Å². The molecule has 1 amide bonds. The summed E-state index contributed by atoms with van der Waals surface area (Å²) in [5, 5.41) is 4.23. The first kappa shape index (κ1) is 22.1. The van der Waals surface area contributed by atoms with Crippen LogP contribution in [-0.4, -0.2) is 56.2 Å². The van der Waals surface area contributed by atoms with E-state index < -0.39 is 15.9 Å². The predicted octanol–water partition coefficient (Wildman–Crippen LogP) is 4.03. The molecule has 28 heavy (non-hydrogen) atoms. The van der Waals surface area contributed by atoms with Crippen molar-refractivity contribution in [2.45, 2.75) is 26.1 Å². The molecular formula is C17H19Cl3N2O4S2. The second-order valence-electron chi connectivity index (χ2n) is 6.65. The molecule has 0 bridgehead atoms. The summed E-state index contributed by atoms with van der Waals surface area (Å²) in [4.78, 5) is 12.8. The Balaban J connectivity index is 1.67. The van der Waals surface area contributed by atoms with Crippen LogP contribution in [0.25, 0.3) is 10.1 Å². The molecule has 154 valence electrons. The van der Waals surface area contributed by atoms with Crippen LogP contribution in [0.4, 0.5) is 0 Å². The number of carbonyl (C=O) groups excluding carboxylic acids is 1. The summed E-state index contributed by atoms with van der Waals surface area (Å²) in [6, 6.07) is 3.24. The van der Waals surface area contributed by atoms with Gasteiger partial charge in [-0.2, -0.15) is 4.31 Å². The maximum Gasteiger partial charge on any atom is 0.262 e. The van der Waals surface area contributed by atoms with Crippen LogP contribution in [0.3, 0.4) is 0 Å². The van der Waals surface area contributed by atoms with Crippen molar-refractivity contribution < 1.29 is 17.9 Å². The number of nitrogens with one attached hydrogen (secondary N) is 1. The van der Waals surface area contributed by atoms with Crippen LogP contribution in [0.5, 0.6) is 0 Å². The number of thiophene rings is 1. The first-order chi connectivity index (χ1) is 13.1. The molecule has 6 nitrogen and oxygen atoms in total. The largest absolute Gasteiger partial charge is 0.373 e. The SMILES string of the molecule is CC1CN(S(=O)(=O)CCNC(=O)c2sc3cc(Cl)cc(Cl)c3c2Cl)CC(C)O1. The number of benzene rings is 1. The summed E-state index contributed by atoms with van der Waals surface area (Å²) in [5.74, 6) is -0.648. The quantitative estimate of drug-likeness (QED) is 0.694. The van der Waals surface area contributed by atoms with E-state index in [1.807, 2.05) is 13.8 Å². The Morgan fingerprint density at radius 2 is 1.89 bits per heavy atom. The normalized spacial score (nSPS) is 21.2. The third-order valence-corrected chi connectivity index (χ3v) is 8.23. The number of halogens is 3. The van der Waals surface area contributed by atoms with Gasteiger partial charge in [0.05, 0.1) is 28.0 Å². The Bertz CT molecular complexity index is 999. The summed E-state index contributed by atoms with van der Waals surface area (Å²) in [5.41, 5.74) is 0. The monoisotopic (exact) mass is 484 g/mol. The molecule has 1 aliphatic heterocycles. The molecule has 1 aromatic heterocycles. The second-order valence-corrected chi connectivity index (χ2v) is 11.0. The van der Waals surface area contributed by atoms with E-state index in [0.29, 0.717) is 33.2 Å². The zero-order valence-electron chi connectivity index (χ0n) is 15.2. The number of sulfonamides is 1. The summed E-state index contributed by atoms with van der Waals surface area (Å²) in [7, 11) is -3.50. The van der Waals surface area contributed by atoms with E-state index in [-0.39, 0.29) is 34.4 Å². The summed E-state index contributed by atoms with van der Waals surface area (Å²) in [6.07, 6.45) is -0.330. The van der Waals surface area contributed by atoms with Gasteiger partial charge >= 0.3 is 0 Å². The van der Waals surface area contributed by atoms with Crippen LogP contribution in [0, 0.1) is 0 Å². The molecule has 1 aliphatic rings. The van der Waals surface area contributed by atoms with E-state index >= 15 is 0 Å². The molecule has 2 aromatic rings. The first-order valence-corrected chi connectivity index (χ1v) is 12.1. The predicted molar refractivity (Wildman–Crippen MR) is 115 cm³/mol. The fourth-order valence-corrected chi connectivity index (χ4v) is 6.91. The van der Waals surface area contributed by atoms with Crippen molar-refractivity contribution in [3.8, 4) is 0 Å². The van der Waals surface area contributed by atoms with Crippen LogP contribution in [-0.2, 0) is 14.8 Å². The number of carbonyl (C=O) groups is 1. The first-order valence-electron chi connectivity index (χ1n) is 8.57. The van der Waals surface area contributed by atoms with Crippen molar-refractivity contribution in [1.82, 2.24) is 9.62 Å². The highest BCUT2D eigenvalue weighted by Crippen LogP contribution is 2.41. The number of hydrogen-bond acceptors (Lipinski definition) is 5. The minimum Gasteiger partial charge on any atom is -0.373 e. The molecular weight excluding hydrogens is 467 g/mol. The molecule has 0 saturated carbocycles. The molecule has 2 atom stereocenters. The Morgan fingerprint density at radius 1 is 1.25 bits per heavy atom. The number of ether oxygens (including phenoxy) is 1. The number of amides is 1. The third-order valence-electron chi connectivity index (χ3n) is 4.28. The molecule has 2 heterocycles. The summed E-state index contributed by atoms with van der Waals surface area (Å²) < 4.78 is 32.8. The molecule has 0 spiro atoms. The lowest BCUT2D eigenvalue weighted by atomic mass is 10.2. The topological polar surface area (TPSA) is 75.7 Å². The number of fused-ring (bicyclic) bond motifs is 1. The molecule has 1 aromatic carbocycles. The van der Waals surface area contributed by atoms with E-state index in [0.717, 1.165) is 11.3 Å². The van der Waals surface area contributed by atoms with E-state index in [4.69, 9.17) is 39.5 Å². The van der Waals surface area contributed by atoms with Gasteiger partial charge in [-0.25, -0.2) is 8.42 Å². The van der Waals surface area contributed by atoms with Gasteiger partial charge in [0, 0.05) is 34.7 Å². The molecule has 2 unspecified atom stereocenters. The zero-order valence-corrected chi connectivity index (χ0v) is 19.1. The zero-order chi connectivity index (χ0) is 20.6. The molecule has 3 rings (SSSR count). The van der Waals surface area contributed by atoms with Crippen LogP contribution in [0.2, 0.25) is 15.1 Å². The molecule has 0 aliphatic carbocycles. The van der Waals surface area contributed by atoms with E-state index in [2.05, 4.69) is 5.32 Å².